The first-order valence-corrected chi connectivity index (χ1v) is 7.02. The summed E-state index contributed by atoms with van der Waals surface area (Å²) in [5, 5.41) is 0. The second kappa shape index (κ2) is 5.49. The lowest BCUT2D eigenvalue weighted by atomic mass is 9.92. The summed E-state index contributed by atoms with van der Waals surface area (Å²) in [5.74, 6) is -0.284. The Kier molecular flexibility index (Phi) is 3.54. The van der Waals surface area contributed by atoms with E-state index in [1.165, 1.54) is 11.0 Å². The van der Waals surface area contributed by atoms with Crippen molar-refractivity contribution in [3.8, 4) is 0 Å². The Hall–Kier alpha value is -2.10. The van der Waals surface area contributed by atoms with E-state index >= 15 is 0 Å². The average Bonchev–Trinajstić information content (AvgIpc) is 2.82. The molecule has 4 nitrogen and oxygen atoms in total. The Bertz CT molecular complexity index is 538. The first kappa shape index (κ1) is 12.9. The van der Waals surface area contributed by atoms with Gasteiger partial charge >= 0.3 is 6.09 Å². The molecule has 2 atom stereocenters. The van der Waals surface area contributed by atoms with Gasteiger partial charge in [0.2, 0.25) is 0 Å². The molecule has 1 heterocycles. The summed E-state index contributed by atoms with van der Waals surface area (Å²) in [6.07, 6.45) is 6.40. The number of hydrogen-bond acceptors (Lipinski definition) is 3. The molecule has 2 amide bonds. The topological polar surface area (TPSA) is 46.6 Å². The maximum atomic E-state index is 12.2. The molecule has 2 aliphatic rings. The minimum atomic E-state index is -0.496. The predicted octanol–water partition coefficient (Wildman–Crippen LogP) is 2.99. The van der Waals surface area contributed by atoms with Gasteiger partial charge in [-0.05, 0) is 30.9 Å². The van der Waals surface area contributed by atoms with Crippen LogP contribution in [0, 0.1) is 0 Å². The van der Waals surface area contributed by atoms with Crippen molar-refractivity contribution in [1.29, 1.82) is 0 Å². The summed E-state index contributed by atoms with van der Waals surface area (Å²) in [5.41, 5.74) is 0.939. The second-order valence-corrected chi connectivity index (χ2v) is 5.23. The molecule has 1 aliphatic carbocycles. The lowest BCUT2D eigenvalue weighted by molar-refractivity contribution is -0.124. The van der Waals surface area contributed by atoms with E-state index < -0.39 is 6.09 Å². The Labute approximate surface area is 118 Å². The van der Waals surface area contributed by atoms with Gasteiger partial charge in [0.25, 0.3) is 5.91 Å². The zero-order valence-corrected chi connectivity index (χ0v) is 11.2. The number of nitrogens with zero attached hydrogens (tertiary/aromatic N) is 1. The van der Waals surface area contributed by atoms with Gasteiger partial charge in [-0.2, -0.15) is 0 Å². The van der Waals surface area contributed by atoms with E-state index in [1.807, 2.05) is 30.3 Å². The Balaban J connectivity index is 1.73. The predicted molar refractivity (Wildman–Crippen MR) is 74.8 cm³/mol. The fourth-order valence-electron chi connectivity index (χ4n) is 2.90. The summed E-state index contributed by atoms with van der Waals surface area (Å²) in [4.78, 5) is 25.3. The van der Waals surface area contributed by atoms with Crippen LogP contribution in [0.25, 0.3) is 6.08 Å². The molecule has 2 fully saturated rings. The summed E-state index contributed by atoms with van der Waals surface area (Å²) >= 11 is 0. The van der Waals surface area contributed by atoms with Crippen LogP contribution in [0.2, 0.25) is 0 Å². The minimum Gasteiger partial charge on any atom is -0.444 e. The molecule has 104 valence electrons. The van der Waals surface area contributed by atoms with Crippen molar-refractivity contribution in [2.45, 2.75) is 37.8 Å². The molecule has 3 rings (SSSR count). The van der Waals surface area contributed by atoms with Crippen molar-refractivity contribution in [3.05, 3.63) is 42.0 Å². The summed E-state index contributed by atoms with van der Waals surface area (Å²) < 4.78 is 5.28. The lowest BCUT2D eigenvalue weighted by Crippen LogP contribution is -2.41. The zero-order chi connectivity index (χ0) is 13.9. The molecule has 0 unspecified atom stereocenters. The average molecular weight is 271 g/mol. The standard InChI is InChI=1S/C16H17NO3/c18-15(11-10-12-6-2-1-3-7-12)17-13-8-4-5-9-14(13)20-16(17)19/h1-3,6-7,10-11,13-14H,4-5,8-9H2/b11-10+/t13-,14-/m1/s1. The molecule has 0 spiro atoms. The maximum Gasteiger partial charge on any atom is 0.417 e. The van der Waals surface area contributed by atoms with E-state index in [9.17, 15) is 9.59 Å². The molecule has 1 aliphatic heterocycles. The van der Waals surface area contributed by atoms with Crippen molar-refractivity contribution in [2.75, 3.05) is 0 Å². The molecule has 0 bridgehead atoms. The first-order chi connectivity index (χ1) is 9.75. The highest BCUT2D eigenvalue weighted by molar-refractivity contribution is 6.02. The smallest absolute Gasteiger partial charge is 0.417 e. The minimum absolute atomic E-state index is 0.0795. The molecule has 0 aromatic heterocycles. The molecule has 1 aromatic rings. The molecule has 1 saturated carbocycles. The normalized spacial score (nSPS) is 25.6. The van der Waals surface area contributed by atoms with Crippen LogP contribution in [0.4, 0.5) is 4.79 Å². The molecule has 1 aromatic carbocycles. The summed E-state index contributed by atoms with van der Waals surface area (Å²) in [6, 6.07) is 9.48. The number of carbonyl (C=O) groups excluding carboxylic acids is 2. The van der Waals surface area contributed by atoms with E-state index in [0.717, 1.165) is 31.2 Å². The molecule has 0 N–H and O–H groups in total. The number of imide groups is 1. The van der Waals surface area contributed by atoms with E-state index in [-0.39, 0.29) is 18.1 Å². The lowest BCUT2D eigenvalue weighted by Gasteiger charge is -2.26. The second-order valence-electron chi connectivity index (χ2n) is 5.23. The Morgan fingerprint density at radius 3 is 2.75 bits per heavy atom. The van der Waals surface area contributed by atoms with Crippen LogP contribution in [-0.2, 0) is 9.53 Å². The number of carbonyl (C=O) groups is 2. The highest BCUT2D eigenvalue weighted by Gasteiger charge is 2.45. The molecule has 20 heavy (non-hydrogen) atoms. The largest absolute Gasteiger partial charge is 0.444 e. The molecule has 0 radical (unpaired) electrons. The molecule has 4 heteroatoms. The van der Waals surface area contributed by atoms with Crippen LogP contribution in [0.1, 0.15) is 31.2 Å². The van der Waals surface area contributed by atoms with Crippen molar-refractivity contribution in [1.82, 2.24) is 4.90 Å². The quantitative estimate of drug-likeness (QED) is 0.777. The number of hydrogen-bond donors (Lipinski definition) is 0. The van der Waals surface area contributed by atoms with Crippen molar-refractivity contribution in [2.24, 2.45) is 0 Å². The van der Waals surface area contributed by atoms with Crippen molar-refractivity contribution in [3.63, 3.8) is 0 Å². The third kappa shape index (κ3) is 2.46. The number of fused-ring (bicyclic) bond motifs is 1. The number of amides is 2. The number of ether oxygens (including phenoxy) is 1. The van der Waals surface area contributed by atoms with Crippen LogP contribution >= 0.6 is 0 Å². The van der Waals surface area contributed by atoms with E-state index in [1.54, 1.807) is 6.08 Å². The number of rotatable bonds is 2. The van der Waals surface area contributed by atoms with E-state index in [0.29, 0.717) is 0 Å². The van der Waals surface area contributed by atoms with Gasteiger partial charge in [0.15, 0.2) is 0 Å². The van der Waals surface area contributed by atoms with Crippen molar-refractivity contribution >= 4 is 18.1 Å². The maximum absolute atomic E-state index is 12.2. The third-order valence-corrected chi connectivity index (χ3v) is 3.90. The summed E-state index contributed by atoms with van der Waals surface area (Å²) in [6.45, 7) is 0. The van der Waals surface area contributed by atoms with E-state index in [4.69, 9.17) is 4.74 Å². The van der Waals surface area contributed by atoms with Gasteiger partial charge in [-0.15, -0.1) is 0 Å². The Morgan fingerprint density at radius 2 is 1.95 bits per heavy atom. The molecule has 1 saturated heterocycles. The van der Waals surface area contributed by atoms with Crippen LogP contribution in [0.3, 0.4) is 0 Å². The molecular formula is C16H17NO3. The first-order valence-electron chi connectivity index (χ1n) is 7.02. The van der Waals surface area contributed by atoms with Crippen LogP contribution in [-0.4, -0.2) is 29.0 Å². The Morgan fingerprint density at radius 1 is 1.20 bits per heavy atom. The van der Waals surface area contributed by atoms with E-state index in [2.05, 4.69) is 0 Å². The van der Waals surface area contributed by atoms with Gasteiger partial charge in [-0.25, -0.2) is 9.69 Å². The highest BCUT2D eigenvalue weighted by atomic mass is 16.6. The van der Waals surface area contributed by atoms with Crippen LogP contribution < -0.4 is 0 Å². The SMILES string of the molecule is O=C(/C=C/c1ccccc1)N1C(=O)O[C@@H]2CCCC[C@H]21. The van der Waals surface area contributed by atoms with Gasteiger partial charge < -0.3 is 4.74 Å². The fourth-order valence-corrected chi connectivity index (χ4v) is 2.90. The van der Waals surface area contributed by atoms with Gasteiger partial charge in [-0.3, -0.25) is 4.79 Å². The monoisotopic (exact) mass is 271 g/mol. The van der Waals surface area contributed by atoms with Crippen molar-refractivity contribution < 1.29 is 14.3 Å². The van der Waals surface area contributed by atoms with Gasteiger partial charge in [0.1, 0.15) is 6.10 Å². The number of benzene rings is 1. The highest BCUT2D eigenvalue weighted by Crippen LogP contribution is 2.31. The van der Waals surface area contributed by atoms with Crippen LogP contribution in [0.15, 0.2) is 36.4 Å². The zero-order valence-electron chi connectivity index (χ0n) is 11.2. The summed E-state index contributed by atoms with van der Waals surface area (Å²) in [7, 11) is 0. The van der Waals surface area contributed by atoms with Crippen LogP contribution in [0.5, 0.6) is 0 Å². The molecular weight excluding hydrogens is 254 g/mol. The van der Waals surface area contributed by atoms with Gasteiger partial charge in [0.05, 0.1) is 6.04 Å². The third-order valence-electron chi connectivity index (χ3n) is 3.90. The van der Waals surface area contributed by atoms with Gasteiger partial charge in [-0.1, -0.05) is 36.8 Å². The van der Waals surface area contributed by atoms with Gasteiger partial charge in [0, 0.05) is 6.08 Å². The fraction of sp³-hybridized carbons (Fsp3) is 0.375.